The van der Waals surface area contributed by atoms with Gasteiger partial charge in [-0.15, -0.1) is 0 Å². The molecule has 0 saturated carbocycles. The fourth-order valence-electron chi connectivity index (χ4n) is 3.05. The second kappa shape index (κ2) is 6.85. The molecule has 1 amide bonds. The van der Waals surface area contributed by atoms with Gasteiger partial charge < -0.3 is 5.32 Å². The molecule has 3 rings (SSSR count). The van der Waals surface area contributed by atoms with Crippen LogP contribution in [0.4, 0.5) is 5.69 Å². The van der Waals surface area contributed by atoms with Crippen molar-refractivity contribution >= 4 is 21.6 Å². The molecular weight excluding hydrogens is 348 g/mol. The van der Waals surface area contributed by atoms with Crippen LogP contribution in [0.25, 0.3) is 0 Å². The van der Waals surface area contributed by atoms with Crippen molar-refractivity contribution in [3.63, 3.8) is 0 Å². The molecule has 1 aliphatic rings. The Balaban J connectivity index is 1.78. The number of benzene rings is 2. The van der Waals surface area contributed by atoms with E-state index in [0.717, 1.165) is 16.7 Å². The Morgan fingerprint density at radius 3 is 2.62 bits per heavy atom. The lowest BCUT2D eigenvalue weighted by Gasteiger charge is -2.26. The van der Waals surface area contributed by atoms with Gasteiger partial charge in [0.15, 0.2) is 0 Å². The molecule has 0 saturated heterocycles. The first kappa shape index (κ1) is 18.6. The fourth-order valence-corrected chi connectivity index (χ4v) is 4.32. The molecule has 0 fully saturated rings. The molecule has 1 aliphatic heterocycles. The van der Waals surface area contributed by atoms with E-state index in [1.165, 1.54) is 6.07 Å². The van der Waals surface area contributed by atoms with Crippen molar-refractivity contribution in [3.8, 4) is 0 Å². The molecule has 2 aromatic rings. The predicted molar refractivity (Wildman–Crippen MR) is 103 cm³/mol. The molecule has 0 bridgehead atoms. The standard InChI is InChI=1S/C20H24N2O3S/c1-14-5-4-6-16(11-14)20(2,3)13-21-26(24,25)17-8-9-18-15(12-17)7-10-19(23)22-18/h4-6,8-9,11-12,21H,7,10,13H2,1-3H3,(H,22,23). The summed E-state index contributed by atoms with van der Waals surface area (Å²) in [6, 6.07) is 12.9. The molecular formula is C20H24N2O3S. The van der Waals surface area contributed by atoms with Crippen molar-refractivity contribution in [3.05, 3.63) is 59.2 Å². The Bertz CT molecular complexity index is 949. The SMILES string of the molecule is Cc1cccc(C(C)(C)CNS(=O)(=O)c2ccc3c(c2)CCC(=O)N3)c1. The third-order valence-corrected chi connectivity index (χ3v) is 6.19. The van der Waals surface area contributed by atoms with Gasteiger partial charge in [0, 0.05) is 24.1 Å². The molecule has 0 radical (unpaired) electrons. The number of fused-ring (bicyclic) bond motifs is 1. The maximum Gasteiger partial charge on any atom is 0.240 e. The number of anilines is 1. The molecule has 0 aromatic heterocycles. The van der Waals surface area contributed by atoms with Crippen LogP contribution in [-0.4, -0.2) is 20.9 Å². The third-order valence-electron chi connectivity index (χ3n) is 4.79. The van der Waals surface area contributed by atoms with Crippen LogP contribution in [-0.2, 0) is 26.7 Å². The summed E-state index contributed by atoms with van der Waals surface area (Å²) in [7, 11) is -3.62. The number of carbonyl (C=O) groups is 1. The van der Waals surface area contributed by atoms with Gasteiger partial charge in [-0.2, -0.15) is 0 Å². The van der Waals surface area contributed by atoms with E-state index in [2.05, 4.69) is 16.1 Å². The minimum absolute atomic E-state index is 0.0360. The maximum atomic E-state index is 12.7. The summed E-state index contributed by atoms with van der Waals surface area (Å²) in [5, 5.41) is 2.77. The highest BCUT2D eigenvalue weighted by Gasteiger charge is 2.25. The Labute approximate surface area is 154 Å². The molecule has 138 valence electrons. The van der Waals surface area contributed by atoms with Crippen LogP contribution in [0.15, 0.2) is 47.4 Å². The first-order valence-corrected chi connectivity index (χ1v) is 10.2. The molecule has 2 aromatic carbocycles. The molecule has 0 unspecified atom stereocenters. The largest absolute Gasteiger partial charge is 0.326 e. The lowest BCUT2D eigenvalue weighted by Crippen LogP contribution is -2.36. The highest BCUT2D eigenvalue weighted by molar-refractivity contribution is 7.89. The first-order chi connectivity index (χ1) is 12.2. The summed E-state index contributed by atoms with van der Waals surface area (Å²) in [4.78, 5) is 11.7. The number of sulfonamides is 1. The van der Waals surface area contributed by atoms with E-state index in [1.807, 2.05) is 39.0 Å². The smallest absolute Gasteiger partial charge is 0.240 e. The summed E-state index contributed by atoms with van der Waals surface area (Å²) >= 11 is 0. The molecule has 2 N–H and O–H groups in total. The molecule has 0 atom stereocenters. The Kier molecular flexibility index (Phi) is 4.90. The second-order valence-electron chi connectivity index (χ2n) is 7.45. The van der Waals surface area contributed by atoms with E-state index in [-0.39, 0.29) is 16.2 Å². The van der Waals surface area contributed by atoms with Crippen LogP contribution in [0.5, 0.6) is 0 Å². The average molecular weight is 372 g/mol. The van der Waals surface area contributed by atoms with Crippen molar-refractivity contribution < 1.29 is 13.2 Å². The number of hydrogen-bond acceptors (Lipinski definition) is 3. The molecule has 0 spiro atoms. The van der Waals surface area contributed by atoms with E-state index >= 15 is 0 Å². The van der Waals surface area contributed by atoms with Gasteiger partial charge in [0.2, 0.25) is 15.9 Å². The van der Waals surface area contributed by atoms with Crippen LogP contribution in [0.3, 0.4) is 0 Å². The number of hydrogen-bond donors (Lipinski definition) is 2. The van der Waals surface area contributed by atoms with Crippen molar-refractivity contribution in [1.82, 2.24) is 4.72 Å². The summed E-state index contributed by atoms with van der Waals surface area (Å²) < 4.78 is 28.2. The summed E-state index contributed by atoms with van der Waals surface area (Å²) in [5.74, 6) is -0.0360. The van der Waals surface area contributed by atoms with Gasteiger partial charge in [-0.25, -0.2) is 13.1 Å². The van der Waals surface area contributed by atoms with Crippen molar-refractivity contribution in [2.45, 2.75) is 43.9 Å². The zero-order valence-corrected chi connectivity index (χ0v) is 16.1. The molecule has 5 nitrogen and oxygen atoms in total. The van der Waals surface area contributed by atoms with Gasteiger partial charge in [-0.05, 0) is 42.7 Å². The fraction of sp³-hybridized carbons (Fsp3) is 0.350. The monoisotopic (exact) mass is 372 g/mol. The van der Waals surface area contributed by atoms with Gasteiger partial charge in [0.1, 0.15) is 0 Å². The number of nitrogens with one attached hydrogen (secondary N) is 2. The molecule has 26 heavy (non-hydrogen) atoms. The van der Waals surface area contributed by atoms with E-state index in [9.17, 15) is 13.2 Å². The van der Waals surface area contributed by atoms with Crippen molar-refractivity contribution in [2.24, 2.45) is 0 Å². The van der Waals surface area contributed by atoms with Crippen molar-refractivity contribution in [2.75, 3.05) is 11.9 Å². The second-order valence-corrected chi connectivity index (χ2v) is 9.21. The van der Waals surface area contributed by atoms with Gasteiger partial charge >= 0.3 is 0 Å². The van der Waals surface area contributed by atoms with Gasteiger partial charge in [-0.1, -0.05) is 43.7 Å². The zero-order valence-electron chi connectivity index (χ0n) is 15.3. The molecule has 0 aliphatic carbocycles. The molecule has 1 heterocycles. The van der Waals surface area contributed by atoms with Crippen LogP contribution in [0.2, 0.25) is 0 Å². The Morgan fingerprint density at radius 1 is 1.12 bits per heavy atom. The van der Waals surface area contributed by atoms with Crippen LogP contribution >= 0.6 is 0 Å². The van der Waals surface area contributed by atoms with E-state index in [4.69, 9.17) is 0 Å². The van der Waals surface area contributed by atoms with Gasteiger partial charge in [0.05, 0.1) is 4.90 Å². The number of carbonyl (C=O) groups excluding carboxylic acids is 1. The average Bonchev–Trinajstić information content (AvgIpc) is 2.60. The Hall–Kier alpha value is -2.18. The minimum Gasteiger partial charge on any atom is -0.326 e. The number of amides is 1. The normalized spacial score (nSPS) is 14.7. The van der Waals surface area contributed by atoms with E-state index < -0.39 is 10.0 Å². The quantitative estimate of drug-likeness (QED) is 0.847. The number of rotatable bonds is 5. The minimum atomic E-state index is -3.62. The third kappa shape index (κ3) is 3.97. The van der Waals surface area contributed by atoms with Gasteiger partial charge in [0.25, 0.3) is 0 Å². The molecule has 6 heteroatoms. The van der Waals surface area contributed by atoms with Crippen LogP contribution < -0.4 is 10.0 Å². The highest BCUT2D eigenvalue weighted by atomic mass is 32.2. The lowest BCUT2D eigenvalue weighted by molar-refractivity contribution is -0.116. The van der Waals surface area contributed by atoms with Crippen LogP contribution in [0, 0.1) is 6.92 Å². The summed E-state index contributed by atoms with van der Waals surface area (Å²) in [6.07, 6.45) is 0.934. The Morgan fingerprint density at radius 2 is 1.88 bits per heavy atom. The lowest BCUT2D eigenvalue weighted by atomic mass is 9.84. The summed E-state index contributed by atoms with van der Waals surface area (Å²) in [6.45, 7) is 6.36. The number of aryl methyl sites for hydroxylation is 2. The van der Waals surface area contributed by atoms with E-state index in [0.29, 0.717) is 25.1 Å². The first-order valence-electron chi connectivity index (χ1n) is 8.67. The predicted octanol–water partition coefficient (Wildman–Crippen LogP) is 3.14. The maximum absolute atomic E-state index is 12.7. The zero-order chi connectivity index (χ0) is 18.9. The topological polar surface area (TPSA) is 75.3 Å². The summed E-state index contributed by atoms with van der Waals surface area (Å²) in [5.41, 5.74) is 3.45. The van der Waals surface area contributed by atoms with Gasteiger partial charge in [-0.3, -0.25) is 4.79 Å². The van der Waals surface area contributed by atoms with Crippen LogP contribution in [0.1, 0.15) is 37.0 Å². The van der Waals surface area contributed by atoms with E-state index in [1.54, 1.807) is 12.1 Å². The van der Waals surface area contributed by atoms with Crippen molar-refractivity contribution in [1.29, 1.82) is 0 Å². The highest BCUT2D eigenvalue weighted by Crippen LogP contribution is 2.27.